The molecule has 1 fully saturated rings. The molecule has 0 N–H and O–H groups in total. The largest absolute Gasteiger partial charge is 0.415 e. The minimum atomic E-state index is -3.64. The van der Waals surface area contributed by atoms with Gasteiger partial charge in [0.25, 0.3) is 5.91 Å². The van der Waals surface area contributed by atoms with Gasteiger partial charge in [-0.1, -0.05) is 42.5 Å². The first kappa shape index (κ1) is 25.4. The van der Waals surface area contributed by atoms with E-state index >= 15 is 0 Å². The van der Waals surface area contributed by atoms with Gasteiger partial charge >= 0.3 is 6.09 Å². The number of piperazine rings is 1. The molecule has 1 aliphatic heterocycles. The van der Waals surface area contributed by atoms with Gasteiger partial charge in [0.2, 0.25) is 0 Å². The molecule has 0 aliphatic carbocycles. The molecule has 0 spiro atoms. The van der Waals surface area contributed by atoms with Crippen molar-refractivity contribution in [2.45, 2.75) is 17.6 Å². The van der Waals surface area contributed by atoms with Crippen LogP contribution in [0.1, 0.15) is 21.5 Å². The maximum Gasteiger partial charge on any atom is 0.415 e. The zero-order valence-electron chi connectivity index (χ0n) is 20.9. The summed E-state index contributed by atoms with van der Waals surface area (Å²) in [6, 6.07) is 22.6. The average Bonchev–Trinajstić information content (AvgIpc) is 2.92. The number of carbonyl (C=O) groups excluding carboxylic acids is 2. The highest BCUT2D eigenvalue weighted by Crippen LogP contribution is 2.24. The lowest BCUT2D eigenvalue weighted by Gasteiger charge is -2.34. The Balaban J connectivity index is 1.20. The van der Waals surface area contributed by atoms with E-state index in [9.17, 15) is 18.0 Å². The first-order valence-electron chi connectivity index (χ1n) is 12.3. The molecule has 1 aromatic heterocycles. The number of aryl methyl sites for hydroxylation is 1. The third-order valence-corrected chi connectivity index (χ3v) is 8.22. The second-order valence-electron chi connectivity index (χ2n) is 9.25. The molecule has 8 nitrogen and oxygen atoms in total. The van der Waals surface area contributed by atoms with Crippen LogP contribution in [-0.2, 0) is 15.6 Å². The van der Waals surface area contributed by atoms with Crippen molar-refractivity contribution >= 4 is 32.7 Å². The first-order valence-corrected chi connectivity index (χ1v) is 13.9. The number of aromatic nitrogens is 1. The quantitative estimate of drug-likeness (QED) is 0.378. The van der Waals surface area contributed by atoms with Gasteiger partial charge in [-0.15, -0.1) is 0 Å². The van der Waals surface area contributed by atoms with E-state index in [2.05, 4.69) is 4.98 Å². The number of sulfone groups is 1. The van der Waals surface area contributed by atoms with Crippen LogP contribution in [0.3, 0.4) is 0 Å². The molecule has 2 heterocycles. The van der Waals surface area contributed by atoms with Crippen LogP contribution in [0.25, 0.3) is 10.9 Å². The van der Waals surface area contributed by atoms with Gasteiger partial charge < -0.3 is 14.5 Å². The minimum Gasteiger partial charge on any atom is -0.410 e. The van der Waals surface area contributed by atoms with Gasteiger partial charge in [0.05, 0.1) is 16.2 Å². The Kier molecular flexibility index (Phi) is 7.11. The third kappa shape index (κ3) is 5.52. The highest BCUT2D eigenvalue weighted by Gasteiger charge is 2.26. The molecule has 4 aromatic rings. The number of carbonyl (C=O) groups is 2. The molecule has 2 amide bonds. The molecule has 0 atom stereocenters. The Hall–Kier alpha value is -4.24. The van der Waals surface area contributed by atoms with Crippen molar-refractivity contribution in [1.29, 1.82) is 0 Å². The Morgan fingerprint density at radius 3 is 2.29 bits per heavy atom. The van der Waals surface area contributed by atoms with Crippen LogP contribution in [-0.4, -0.2) is 61.4 Å². The SMILES string of the molecule is Cc1cccc(OC(=O)N2CCN(C(=O)c3ccc(CS(=O)(=O)c4cccc5cccnc45)cc3)CC2)c1. The average molecular weight is 530 g/mol. The molecular weight excluding hydrogens is 502 g/mol. The number of hydrogen-bond acceptors (Lipinski definition) is 6. The molecule has 0 unspecified atom stereocenters. The Morgan fingerprint density at radius 1 is 0.868 bits per heavy atom. The molecular formula is C29H27N3O5S. The lowest BCUT2D eigenvalue weighted by Crippen LogP contribution is -2.51. The second kappa shape index (κ2) is 10.6. The van der Waals surface area contributed by atoms with Crippen LogP contribution in [0.4, 0.5) is 4.79 Å². The number of pyridine rings is 1. The number of benzene rings is 3. The number of ether oxygens (including phenoxy) is 1. The molecule has 5 rings (SSSR count). The summed E-state index contributed by atoms with van der Waals surface area (Å²) in [6.07, 6.45) is 1.14. The number of para-hydroxylation sites is 1. The lowest BCUT2D eigenvalue weighted by molar-refractivity contribution is 0.0633. The van der Waals surface area contributed by atoms with Gasteiger partial charge in [0.1, 0.15) is 5.75 Å². The van der Waals surface area contributed by atoms with Crippen molar-refractivity contribution in [2.24, 2.45) is 0 Å². The van der Waals surface area contributed by atoms with E-state index in [4.69, 9.17) is 4.74 Å². The van der Waals surface area contributed by atoms with Crippen LogP contribution >= 0.6 is 0 Å². The van der Waals surface area contributed by atoms with Crippen molar-refractivity contribution in [3.8, 4) is 5.75 Å². The van der Waals surface area contributed by atoms with Gasteiger partial charge in [-0.25, -0.2) is 13.2 Å². The fourth-order valence-corrected chi connectivity index (χ4v) is 6.02. The van der Waals surface area contributed by atoms with Gasteiger partial charge in [-0.3, -0.25) is 9.78 Å². The van der Waals surface area contributed by atoms with Crippen LogP contribution in [0.5, 0.6) is 5.75 Å². The summed E-state index contributed by atoms with van der Waals surface area (Å²) in [5.41, 5.74) is 2.50. The van der Waals surface area contributed by atoms with E-state index in [1.54, 1.807) is 70.6 Å². The number of hydrogen-bond donors (Lipinski definition) is 0. The van der Waals surface area contributed by atoms with Crippen LogP contribution < -0.4 is 4.74 Å². The molecule has 9 heteroatoms. The van der Waals surface area contributed by atoms with Crippen molar-refractivity contribution in [1.82, 2.24) is 14.8 Å². The molecule has 38 heavy (non-hydrogen) atoms. The molecule has 3 aromatic carbocycles. The molecule has 194 valence electrons. The van der Waals surface area contributed by atoms with E-state index in [1.165, 1.54) is 0 Å². The molecule has 1 saturated heterocycles. The van der Waals surface area contributed by atoms with E-state index in [0.717, 1.165) is 10.9 Å². The van der Waals surface area contributed by atoms with E-state index in [-0.39, 0.29) is 16.6 Å². The van der Waals surface area contributed by atoms with Crippen molar-refractivity contribution in [3.05, 3.63) is 102 Å². The van der Waals surface area contributed by atoms with Crippen LogP contribution in [0.2, 0.25) is 0 Å². The molecule has 0 bridgehead atoms. The number of amides is 2. The normalized spacial score (nSPS) is 13.9. The summed E-state index contributed by atoms with van der Waals surface area (Å²) in [6.45, 7) is 3.42. The van der Waals surface area contributed by atoms with Crippen molar-refractivity contribution < 1.29 is 22.7 Å². The highest BCUT2D eigenvalue weighted by atomic mass is 32.2. The third-order valence-electron chi connectivity index (χ3n) is 6.51. The highest BCUT2D eigenvalue weighted by molar-refractivity contribution is 7.90. The van der Waals surface area contributed by atoms with Gasteiger partial charge in [-0.05, 0) is 54.4 Å². The number of rotatable bonds is 5. The van der Waals surface area contributed by atoms with E-state index in [0.29, 0.717) is 48.6 Å². The first-order chi connectivity index (χ1) is 18.3. The zero-order chi connectivity index (χ0) is 26.7. The van der Waals surface area contributed by atoms with Gasteiger partial charge in [0, 0.05) is 43.3 Å². The number of nitrogens with zero attached hydrogens (tertiary/aromatic N) is 3. The maximum atomic E-state index is 13.1. The zero-order valence-corrected chi connectivity index (χ0v) is 21.7. The predicted molar refractivity (Wildman–Crippen MR) is 144 cm³/mol. The van der Waals surface area contributed by atoms with E-state index in [1.807, 2.05) is 31.2 Å². The smallest absolute Gasteiger partial charge is 0.410 e. The summed E-state index contributed by atoms with van der Waals surface area (Å²) >= 11 is 0. The standard InChI is InChI=1S/C29H27N3O5S/c1-21-5-2-8-25(19-21)37-29(34)32-17-15-31(16-18-32)28(33)24-12-10-22(11-13-24)20-38(35,36)26-9-3-6-23-7-4-14-30-27(23)26/h2-14,19H,15-18,20H2,1H3. The number of fused-ring (bicyclic) bond motifs is 1. The van der Waals surface area contributed by atoms with Crippen LogP contribution in [0.15, 0.2) is 90.0 Å². The fraction of sp³-hybridized carbons (Fsp3) is 0.207. The second-order valence-corrected chi connectivity index (χ2v) is 11.2. The molecule has 0 radical (unpaired) electrons. The summed E-state index contributed by atoms with van der Waals surface area (Å²) in [4.78, 5) is 33.2. The summed E-state index contributed by atoms with van der Waals surface area (Å²) in [5.74, 6) is 0.135. The molecule has 0 saturated carbocycles. The van der Waals surface area contributed by atoms with Crippen molar-refractivity contribution in [2.75, 3.05) is 26.2 Å². The predicted octanol–water partition coefficient (Wildman–Crippen LogP) is 4.47. The molecule has 1 aliphatic rings. The summed E-state index contributed by atoms with van der Waals surface area (Å²) < 4.78 is 31.7. The van der Waals surface area contributed by atoms with Crippen molar-refractivity contribution in [3.63, 3.8) is 0 Å². The Bertz CT molecular complexity index is 1590. The lowest BCUT2D eigenvalue weighted by atomic mass is 10.1. The maximum absolute atomic E-state index is 13.1. The van der Waals surface area contributed by atoms with E-state index < -0.39 is 15.9 Å². The minimum absolute atomic E-state index is 0.163. The van der Waals surface area contributed by atoms with Gasteiger partial charge in [-0.2, -0.15) is 0 Å². The Labute approximate surface area is 221 Å². The summed E-state index contributed by atoms with van der Waals surface area (Å²) in [7, 11) is -3.64. The Morgan fingerprint density at radius 2 is 1.55 bits per heavy atom. The van der Waals surface area contributed by atoms with Gasteiger partial charge in [0.15, 0.2) is 9.84 Å². The monoisotopic (exact) mass is 529 g/mol. The topological polar surface area (TPSA) is 96.9 Å². The fourth-order valence-electron chi connectivity index (χ4n) is 4.49. The summed E-state index contributed by atoms with van der Waals surface area (Å²) in [5, 5.41) is 0.762. The van der Waals surface area contributed by atoms with Crippen LogP contribution in [0, 0.1) is 6.92 Å².